The third-order valence-electron chi connectivity index (χ3n) is 3.17. The maximum Gasteiger partial charge on any atom is 0.211 e. The molecule has 0 aliphatic heterocycles. The Balaban J connectivity index is 1.53. The van der Waals surface area contributed by atoms with Crippen molar-refractivity contribution in [3.63, 3.8) is 0 Å². The highest BCUT2D eigenvalue weighted by molar-refractivity contribution is 7.89. The number of nitrogens with one attached hydrogen (secondary N) is 2. The average molecular weight is 302 g/mol. The van der Waals surface area contributed by atoms with E-state index in [-0.39, 0.29) is 5.75 Å². The summed E-state index contributed by atoms with van der Waals surface area (Å²) in [5.41, 5.74) is 1.20. The van der Waals surface area contributed by atoms with Gasteiger partial charge in [-0.2, -0.15) is 11.3 Å². The minimum absolute atomic E-state index is 0.239. The van der Waals surface area contributed by atoms with Crippen molar-refractivity contribution >= 4 is 21.4 Å². The minimum Gasteiger partial charge on any atom is -0.314 e. The van der Waals surface area contributed by atoms with Crippen LogP contribution in [0.5, 0.6) is 0 Å². The van der Waals surface area contributed by atoms with Crippen molar-refractivity contribution in [1.82, 2.24) is 10.0 Å². The molecule has 2 rings (SSSR count). The van der Waals surface area contributed by atoms with Gasteiger partial charge in [0.2, 0.25) is 10.0 Å². The van der Waals surface area contributed by atoms with Crippen LogP contribution in [0.25, 0.3) is 0 Å². The van der Waals surface area contributed by atoms with E-state index in [1.165, 1.54) is 18.4 Å². The maximum absolute atomic E-state index is 11.7. The molecule has 2 N–H and O–H groups in total. The van der Waals surface area contributed by atoms with Crippen molar-refractivity contribution < 1.29 is 8.42 Å². The fraction of sp³-hybridized carbons (Fsp3) is 0.692. The molecule has 0 atom stereocenters. The highest BCUT2D eigenvalue weighted by Gasteiger charge is 2.19. The summed E-state index contributed by atoms with van der Waals surface area (Å²) in [5.74, 6) is 0.239. The van der Waals surface area contributed by atoms with Crippen molar-refractivity contribution in [3.8, 4) is 0 Å². The Kier molecular flexibility index (Phi) is 5.81. The maximum atomic E-state index is 11.7. The zero-order valence-electron chi connectivity index (χ0n) is 11.1. The van der Waals surface area contributed by atoms with Gasteiger partial charge >= 0.3 is 0 Å². The molecule has 1 saturated carbocycles. The van der Waals surface area contributed by atoms with Gasteiger partial charge in [0.05, 0.1) is 5.75 Å². The van der Waals surface area contributed by atoms with Gasteiger partial charge < -0.3 is 5.32 Å². The Morgan fingerprint density at radius 1 is 1.26 bits per heavy atom. The summed E-state index contributed by atoms with van der Waals surface area (Å²) >= 11 is 1.64. The van der Waals surface area contributed by atoms with Crippen LogP contribution >= 0.6 is 11.3 Å². The van der Waals surface area contributed by atoms with Crippen LogP contribution in [0.3, 0.4) is 0 Å². The second kappa shape index (κ2) is 7.38. The van der Waals surface area contributed by atoms with E-state index in [1.807, 2.05) is 11.4 Å². The van der Waals surface area contributed by atoms with Crippen LogP contribution in [0.15, 0.2) is 16.8 Å². The van der Waals surface area contributed by atoms with Gasteiger partial charge in [-0.25, -0.2) is 13.1 Å². The van der Waals surface area contributed by atoms with Crippen LogP contribution in [-0.4, -0.2) is 33.3 Å². The van der Waals surface area contributed by atoms with E-state index >= 15 is 0 Å². The van der Waals surface area contributed by atoms with E-state index < -0.39 is 10.0 Å². The Morgan fingerprint density at radius 2 is 2.11 bits per heavy atom. The van der Waals surface area contributed by atoms with Gasteiger partial charge in [-0.1, -0.05) is 0 Å². The first kappa shape index (κ1) is 15.0. The van der Waals surface area contributed by atoms with Gasteiger partial charge in [0.15, 0.2) is 0 Å². The van der Waals surface area contributed by atoms with Gasteiger partial charge in [0.25, 0.3) is 0 Å². The summed E-state index contributed by atoms with van der Waals surface area (Å²) < 4.78 is 26.1. The molecule has 0 amide bonds. The molecule has 4 nitrogen and oxygen atoms in total. The van der Waals surface area contributed by atoms with Crippen LogP contribution in [-0.2, 0) is 16.4 Å². The molecule has 1 aliphatic rings. The molecule has 1 aromatic rings. The molecule has 6 heteroatoms. The highest BCUT2D eigenvalue weighted by Crippen LogP contribution is 2.18. The van der Waals surface area contributed by atoms with E-state index in [9.17, 15) is 8.42 Å². The molecule has 0 aromatic carbocycles. The SMILES string of the molecule is O=S(=O)(CCCCNC1CC1)NCCc1ccsc1. The Bertz CT molecular complexity index is 453. The molecule has 1 heterocycles. The van der Waals surface area contributed by atoms with Gasteiger partial charge in [-0.3, -0.25) is 0 Å². The normalized spacial score (nSPS) is 15.8. The minimum atomic E-state index is -3.09. The Hall–Kier alpha value is -0.430. The zero-order chi connectivity index (χ0) is 13.6. The lowest BCUT2D eigenvalue weighted by Crippen LogP contribution is -2.28. The quantitative estimate of drug-likeness (QED) is 0.647. The Labute approximate surface area is 119 Å². The number of hydrogen-bond donors (Lipinski definition) is 2. The standard InChI is InChI=1S/C13H22N2O2S2/c16-19(17,10-2-1-7-14-13-3-4-13)15-8-5-12-6-9-18-11-12/h6,9,11,13-15H,1-5,7-8,10H2. The highest BCUT2D eigenvalue weighted by atomic mass is 32.2. The van der Waals surface area contributed by atoms with Gasteiger partial charge in [0.1, 0.15) is 0 Å². The van der Waals surface area contributed by atoms with Crippen molar-refractivity contribution in [1.29, 1.82) is 0 Å². The first-order valence-electron chi connectivity index (χ1n) is 6.87. The first-order valence-corrected chi connectivity index (χ1v) is 9.47. The van der Waals surface area contributed by atoms with Crippen LogP contribution in [0.2, 0.25) is 0 Å². The van der Waals surface area contributed by atoms with Gasteiger partial charge in [-0.15, -0.1) is 0 Å². The second-order valence-electron chi connectivity index (χ2n) is 5.03. The van der Waals surface area contributed by atoms with E-state index in [4.69, 9.17) is 0 Å². The van der Waals surface area contributed by atoms with Crippen LogP contribution < -0.4 is 10.0 Å². The molecule has 0 spiro atoms. The fourth-order valence-electron chi connectivity index (χ4n) is 1.87. The molecular weight excluding hydrogens is 280 g/mol. The smallest absolute Gasteiger partial charge is 0.211 e. The fourth-order valence-corrected chi connectivity index (χ4v) is 3.71. The van der Waals surface area contributed by atoms with E-state index in [0.717, 1.165) is 25.8 Å². The number of hydrogen-bond acceptors (Lipinski definition) is 4. The zero-order valence-corrected chi connectivity index (χ0v) is 12.7. The van der Waals surface area contributed by atoms with Crippen molar-refractivity contribution in [2.24, 2.45) is 0 Å². The predicted molar refractivity (Wildman–Crippen MR) is 80.1 cm³/mol. The largest absolute Gasteiger partial charge is 0.314 e. The molecule has 0 saturated heterocycles. The lowest BCUT2D eigenvalue weighted by molar-refractivity contribution is 0.573. The Morgan fingerprint density at radius 3 is 2.79 bits per heavy atom. The van der Waals surface area contributed by atoms with Crippen molar-refractivity contribution in [3.05, 3.63) is 22.4 Å². The van der Waals surface area contributed by atoms with Crippen LogP contribution in [0.1, 0.15) is 31.2 Å². The molecular formula is C13H22N2O2S2. The van der Waals surface area contributed by atoms with E-state index in [0.29, 0.717) is 12.6 Å². The summed E-state index contributed by atoms with van der Waals surface area (Å²) in [4.78, 5) is 0. The summed E-state index contributed by atoms with van der Waals surface area (Å²) in [6.45, 7) is 1.44. The monoisotopic (exact) mass is 302 g/mol. The second-order valence-corrected chi connectivity index (χ2v) is 7.74. The molecule has 0 unspecified atom stereocenters. The molecule has 1 fully saturated rings. The lowest BCUT2D eigenvalue weighted by Gasteiger charge is -2.06. The topological polar surface area (TPSA) is 58.2 Å². The van der Waals surface area contributed by atoms with E-state index in [2.05, 4.69) is 15.4 Å². The first-order chi connectivity index (χ1) is 9.16. The molecule has 0 bridgehead atoms. The molecule has 1 aliphatic carbocycles. The van der Waals surface area contributed by atoms with Crippen molar-refractivity contribution in [2.75, 3.05) is 18.8 Å². The van der Waals surface area contributed by atoms with Crippen LogP contribution in [0, 0.1) is 0 Å². The molecule has 108 valence electrons. The van der Waals surface area contributed by atoms with Gasteiger partial charge in [-0.05, 0) is 61.0 Å². The summed E-state index contributed by atoms with van der Waals surface area (Å²) in [6, 6.07) is 2.74. The van der Waals surface area contributed by atoms with Crippen molar-refractivity contribution in [2.45, 2.75) is 38.1 Å². The summed E-state index contributed by atoms with van der Waals surface area (Å²) in [6.07, 6.45) is 4.99. The number of thiophene rings is 1. The van der Waals surface area contributed by atoms with Gasteiger partial charge in [0, 0.05) is 12.6 Å². The predicted octanol–water partition coefficient (Wildman–Crippen LogP) is 1.74. The lowest BCUT2D eigenvalue weighted by atomic mass is 10.2. The van der Waals surface area contributed by atoms with E-state index in [1.54, 1.807) is 11.3 Å². The summed E-state index contributed by atoms with van der Waals surface area (Å²) in [5, 5.41) is 7.45. The third kappa shape index (κ3) is 6.51. The molecule has 19 heavy (non-hydrogen) atoms. The van der Waals surface area contributed by atoms with Crippen LogP contribution in [0.4, 0.5) is 0 Å². The third-order valence-corrected chi connectivity index (χ3v) is 5.37. The average Bonchev–Trinajstić information content (AvgIpc) is 3.04. The number of rotatable bonds is 10. The molecule has 0 radical (unpaired) electrons. The summed E-state index contributed by atoms with van der Waals surface area (Å²) in [7, 11) is -3.09. The molecule has 1 aromatic heterocycles. The number of unbranched alkanes of at least 4 members (excludes halogenated alkanes) is 1. The number of sulfonamides is 1.